The second-order valence-electron chi connectivity index (χ2n) is 1.80. The Hall–Kier alpha value is 0.683. The quantitative estimate of drug-likeness (QED) is 0.356. The molecule has 3 heteroatoms. The molecule has 11 heavy (non-hydrogen) atoms. The molecule has 0 aromatic carbocycles. The molecule has 0 unspecified atom stereocenters. The topological polar surface area (TPSA) is 0 Å². The van der Waals surface area contributed by atoms with Crippen LogP contribution in [-0.2, 0) is 26.2 Å². The first-order valence-electron chi connectivity index (χ1n) is 2.80. The van der Waals surface area contributed by atoms with Crippen LogP contribution in [0.1, 0.15) is 12.8 Å². The summed E-state index contributed by atoms with van der Waals surface area (Å²) in [5, 5.41) is 0. The van der Waals surface area contributed by atoms with Crippen molar-refractivity contribution in [3.8, 4) is 0 Å². The largest absolute Gasteiger partial charge is 3.00 e. The third-order valence-corrected chi connectivity index (χ3v) is 1.13. The monoisotopic (exact) mass is 265 g/mol. The first-order chi connectivity index (χ1) is 3.93. The zero-order valence-corrected chi connectivity index (χ0v) is 10.1. The Bertz CT molecular complexity index is 150. The smallest absolute Gasteiger partial charge is 1.00 e. The number of hydrogen-bond acceptors (Lipinski definition) is 0. The van der Waals surface area contributed by atoms with Gasteiger partial charge in [-0.3, -0.25) is 6.08 Å². The summed E-state index contributed by atoms with van der Waals surface area (Å²) < 4.78 is 0. The van der Waals surface area contributed by atoms with Crippen LogP contribution < -0.4 is 24.8 Å². The molecule has 59 valence electrons. The van der Waals surface area contributed by atoms with Crippen molar-refractivity contribution in [3.05, 3.63) is 36.5 Å². The van der Waals surface area contributed by atoms with E-state index in [1.165, 1.54) is 5.57 Å². The molecule has 0 nitrogen and oxygen atoms in total. The van der Waals surface area contributed by atoms with E-state index >= 15 is 0 Å². The van der Waals surface area contributed by atoms with E-state index in [4.69, 9.17) is 0 Å². The molecule has 0 amide bonds. The van der Waals surface area contributed by atoms with Crippen LogP contribution in [0.15, 0.2) is 30.4 Å². The van der Waals surface area contributed by atoms with Crippen LogP contribution in [0, 0.1) is 6.08 Å². The van der Waals surface area contributed by atoms with Crippen LogP contribution in [0.5, 0.6) is 0 Å². The van der Waals surface area contributed by atoms with Crippen LogP contribution in [0.3, 0.4) is 0 Å². The normalized spacial score (nSPS) is 11.8. The molecule has 0 aromatic rings. The SMILES string of the molecule is C=CCC1=[C-]CC=C1.[Cl-].[Cl-].[Zr+3]. The molecule has 0 bridgehead atoms. The molecule has 0 fully saturated rings. The Morgan fingerprint density at radius 3 is 2.55 bits per heavy atom. The van der Waals surface area contributed by atoms with E-state index in [1.54, 1.807) is 0 Å². The average Bonchev–Trinajstić information content (AvgIpc) is 2.19. The second-order valence-corrected chi connectivity index (χ2v) is 1.80. The molecule has 0 heterocycles. The van der Waals surface area contributed by atoms with Crippen molar-refractivity contribution >= 4 is 0 Å². The molecule has 0 N–H and O–H groups in total. The maximum Gasteiger partial charge on any atom is 3.00 e. The van der Waals surface area contributed by atoms with Crippen LogP contribution in [0.25, 0.3) is 0 Å². The predicted octanol–water partition coefficient (Wildman–Crippen LogP) is -3.74. The summed E-state index contributed by atoms with van der Waals surface area (Å²) in [6, 6.07) is 0. The van der Waals surface area contributed by atoms with E-state index < -0.39 is 0 Å². The summed E-state index contributed by atoms with van der Waals surface area (Å²) in [7, 11) is 0. The van der Waals surface area contributed by atoms with Crippen LogP contribution in [0.4, 0.5) is 0 Å². The number of halogens is 2. The van der Waals surface area contributed by atoms with Gasteiger partial charge in [-0.05, 0) is 6.42 Å². The zero-order chi connectivity index (χ0) is 5.82. The number of rotatable bonds is 2. The molecule has 0 aliphatic heterocycles. The number of allylic oxidation sites excluding steroid dienone is 5. The van der Waals surface area contributed by atoms with Gasteiger partial charge in [0.25, 0.3) is 0 Å². The second kappa shape index (κ2) is 10.7. The van der Waals surface area contributed by atoms with Gasteiger partial charge in [-0.1, -0.05) is 6.08 Å². The minimum atomic E-state index is 0. The third kappa shape index (κ3) is 7.06. The van der Waals surface area contributed by atoms with Gasteiger partial charge in [0.1, 0.15) is 0 Å². The van der Waals surface area contributed by atoms with Crippen molar-refractivity contribution in [3.63, 3.8) is 0 Å². The molecular weight excluding hydrogens is 258 g/mol. The fourth-order valence-corrected chi connectivity index (χ4v) is 0.746. The van der Waals surface area contributed by atoms with Gasteiger partial charge < -0.3 is 24.8 Å². The fraction of sp³-hybridized carbons (Fsp3) is 0.250. The maximum absolute atomic E-state index is 3.63. The first-order valence-corrected chi connectivity index (χ1v) is 2.80. The van der Waals surface area contributed by atoms with Gasteiger partial charge in [-0.2, -0.15) is 6.08 Å². The summed E-state index contributed by atoms with van der Waals surface area (Å²) in [6.45, 7) is 3.63. The van der Waals surface area contributed by atoms with E-state index in [1.807, 2.05) is 6.08 Å². The average molecular weight is 267 g/mol. The summed E-state index contributed by atoms with van der Waals surface area (Å²) in [6.07, 6.45) is 11.3. The molecule has 0 aromatic heterocycles. The first kappa shape index (κ1) is 17.7. The predicted molar refractivity (Wildman–Crippen MR) is 35.3 cm³/mol. The summed E-state index contributed by atoms with van der Waals surface area (Å²) >= 11 is 0. The van der Waals surface area contributed by atoms with E-state index in [9.17, 15) is 0 Å². The van der Waals surface area contributed by atoms with Crippen molar-refractivity contribution in [2.75, 3.05) is 0 Å². The Kier molecular flexibility index (Phi) is 17.2. The molecule has 0 spiro atoms. The van der Waals surface area contributed by atoms with Crippen molar-refractivity contribution in [2.45, 2.75) is 12.8 Å². The Balaban J connectivity index is -0.000000213. The molecule has 1 aliphatic carbocycles. The van der Waals surface area contributed by atoms with Crippen LogP contribution in [-0.4, -0.2) is 0 Å². The van der Waals surface area contributed by atoms with Crippen molar-refractivity contribution < 1.29 is 51.0 Å². The molecule has 1 rings (SSSR count). The van der Waals surface area contributed by atoms with Gasteiger partial charge in [0.05, 0.1) is 0 Å². The Morgan fingerprint density at radius 2 is 2.18 bits per heavy atom. The maximum atomic E-state index is 3.63. The minimum absolute atomic E-state index is 0. The fourth-order valence-electron chi connectivity index (χ4n) is 0.746. The van der Waals surface area contributed by atoms with Crippen molar-refractivity contribution in [1.29, 1.82) is 0 Å². The van der Waals surface area contributed by atoms with Crippen molar-refractivity contribution in [1.82, 2.24) is 0 Å². The number of hydrogen-bond donors (Lipinski definition) is 0. The van der Waals surface area contributed by atoms with Gasteiger partial charge in [0, 0.05) is 0 Å². The summed E-state index contributed by atoms with van der Waals surface area (Å²) in [5.41, 5.74) is 1.28. The third-order valence-electron chi connectivity index (χ3n) is 1.13. The molecular formula is C8H9Cl2Zr. The van der Waals surface area contributed by atoms with Gasteiger partial charge in [0.2, 0.25) is 0 Å². The van der Waals surface area contributed by atoms with Crippen molar-refractivity contribution in [2.24, 2.45) is 0 Å². The minimum Gasteiger partial charge on any atom is -1.00 e. The van der Waals surface area contributed by atoms with Gasteiger partial charge in [-0.15, -0.1) is 13.0 Å². The van der Waals surface area contributed by atoms with E-state index in [-0.39, 0.29) is 51.0 Å². The van der Waals surface area contributed by atoms with Gasteiger partial charge >= 0.3 is 26.2 Å². The molecule has 0 atom stereocenters. The molecule has 1 radical (unpaired) electrons. The Morgan fingerprint density at radius 1 is 1.55 bits per heavy atom. The van der Waals surface area contributed by atoms with E-state index in [0.29, 0.717) is 0 Å². The zero-order valence-electron chi connectivity index (χ0n) is 6.11. The van der Waals surface area contributed by atoms with Gasteiger partial charge in [0.15, 0.2) is 0 Å². The van der Waals surface area contributed by atoms with Gasteiger partial charge in [-0.25, -0.2) is 11.6 Å². The standard InChI is InChI=1S/C8H9.2ClH.Zr/c1-2-5-8-6-3-4-7-8;;;/h2-3,6H,1,4-5H2;2*1H;/q-1;;;+3/p-2. The summed E-state index contributed by atoms with van der Waals surface area (Å²) in [5.74, 6) is 0. The van der Waals surface area contributed by atoms with E-state index in [2.05, 4.69) is 24.8 Å². The van der Waals surface area contributed by atoms with E-state index in [0.717, 1.165) is 12.8 Å². The molecule has 0 saturated carbocycles. The van der Waals surface area contributed by atoms with Crippen LogP contribution in [0.2, 0.25) is 0 Å². The molecule has 0 saturated heterocycles. The Labute approximate surface area is 99.8 Å². The molecule has 1 aliphatic rings. The summed E-state index contributed by atoms with van der Waals surface area (Å²) in [4.78, 5) is 0. The van der Waals surface area contributed by atoms with Crippen LogP contribution >= 0.6 is 0 Å².